The van der Waals surface area contributed by atoms with E-state index in [2.05, 4.69) is 14.2 Å². The van der Waals surface area contributed by atoms with Crippen LogP contribution in [0.5, 0.6) is 0 Å². The predicted octanol–water partition coefficient (Wildman–Crippen LogP) is 0.556. The maximum absolute atomic E-state index is 10.1. The predicted molar refractivity (Wildman–Crippen MR) is 51.8 cm³/mol. The number of esters is 1. The quantitative estimate of drug-likeness (QED) is 0.540. The first-order valence-electron chi connectivity index (χ1n) is 4.31. The van der Waals surface area contributed by atoms with Crippen LogP contribution in [-0.2, 0) is 19.0 Å². The summed E-state index contributed by atoms with van der Waals surface area (Å²) in [5.74, 6) is -0.320. The summed E-state index contributed by atoms with van der Waals surface area (Å²) in [6.45, 7) is 5.11. The molecule has 5 nitrogen and oxygen atoms in total. The fraction of sp³-hybridized carbons (Fsp3) is 0.889. The molecule has 86 valence electrons. The molecule has 0 aromatic carbocycles. The molecule has 0 aliphatic rings. The van der Waals surface area contributed by atoms with Gasteiger partial charge in [0.1, 0.15) is 0 Å². The number of carbonyl (C=O) groups is 1. The van der Waals surface area contributed by atoms with E-state index in [1.165, 1.54) is 14.0 Å². The van der Waals surface area contributed by atoms with Crippen LogP contribution in [0.25, 0.3) is 0 Å². The molecule has 0 aromatic rings. The lowest BCUT2D eigenvalue weighted by Crippen LogP contribution is -2.13. The van der Waals surface area contributed by atoms with Crippen molar-refractivity contribution in [2.75, 3.05) is 20.8 Å². The van der Waals surface area contributed by atoms with Crippen LogP contribution in [0.2, 0.25) is 0 Å². The van der Waals surface area contributed by atoms with E-state index in [1.54, 1.807) is 21.0 Å². The molecular formula is C9H20O5. The molecule has 0 fully saturated rings. The average Bonchev–Trinajstić information content (AvgIpc) is 2.03. The Bertz CT molecular complexity index is 135. The highest BCUT2D eigenvalue weighted by Gasteiger charge is 1.99. The van der Waals surface area contributed by atoms with Gasteiger partial charge < -0.3 is 19.3 Å². The summed E-state index contributed by atoms with van der Waals surface area (Å²) in [4.78, 5) is 10.1. The molecule has 0 spiro atoms. The fourth-order valence-corrected chi connectivity index (χ4v) is 0.523. The summed E-state index contributed by atoms with van der Waals surface area (Å²) >= 11 is 0. The van der Waals surface area contributed by atoms with Gasteiger partial charge in [-0.25, -0.2) is 0 Å². The maximum atomic E-state index is 10.1. The van der Waals surface area contributed by atoms with Crippen LogP contribution < -0.4 is 0 Å². The standard InChI is InChI=1S/C5H10O3.C4H10O2/c1-4(6)8-5(2)7-3;1-4(5)3-6-2/h5H,1-3H3;4-5H,3H2,1-2H3. The van der Waals surface area contributed by atoms with Crippen molar-refractivity contribution in [3.05, 3.63) is 0 Å². The van der Waals surface area contributed by atoms with Gasteiger partial charge in [0.25, 0.3) is 0 Å². The van der Waals surface area contributed by atoms with Crippen molar-refractivity contribution in [2.45, 2.75) is 33.2 Å². The fourth-order valence-electron chi connectivity index (χ4n) is 0.523. The van der Waals surface area contributed by atoms with Crippen molar-refractivity contribution >= 4 is 5.97 Å². The number of methoxy groups -OCH3 is 2. The third kappa shape index (κ3) is 17.4. The molecule has 0 radical (unpaired) electrons. The highest BCUT2D eigenvalue weighted by molar-refractivity contribution is 5.65. The van der Waals surface area contributed by atoms with E-state index in [-0.39, 0.29) is 12.1 Å². The van der Waals surface area contributed by atoms with Gasteiger partial charge in [-0.05, 0) is 13.8 Å². The molecule has 2 atom stereocenters. The van der Waals surface area contributed by atoms with Gasteiger partial charge >= 0.3 is 5.97 Å². The smallest absolute Gasteiger partial charge is 0.304 e. The number of aliphatic hydroxyl groups excluding tert-OH is 1. The van der Waals surface area contributed by atoms with Crippen LogP contribution in [0.4, 0.5) is 0 Å². The third-order valence-electron chi connectivity index (χ3n) is 1.07. The Balaban J connectivity index is 0. The van der Waals surface area contributed by atoms with Gasteiger partial charge in [0.05, 0.1) is 12.7 Å². The zero-order valence-electron chi connectivity index (χ0n) is 9.44. The third-order valence-corrected chi connectivity index (χ3v) is 1.07. The van der Waals surface area contributed by atoms with E-state index < -0.39 is 6.29 Å². The molecule has 0 aromatic heterocycles. The van der Waals surface area contributed by atoms with Gasteiger partial charge in [-0.1, -0.05) is 0 Å². The summed E-state index contributed by atoms with van der Waals surface area (Å²) in [7, 11) is 3.04. The molecule has 2 unspecified atom stereocenters. The van der Waals surface area contributed by atoms with Crippen LogP contribution in [0.3, 0.4) is 0 Å². The van der Waals surface area contributed by atoms with Gasteiger partial charge in [-0.3, -0.25) is 4.79 Å². The van der Waals surface area contributed by atoms with Gasteiger partial charge in [0.15, 0.2) is 6.29 Å². The lowest BCUT2D eigenvalue weighted by molar-refractivity contribution is -0.166. The molecule has 0 saturated heterocycles. The van der Waals surface area contributed by atoms with Gasteiger partial charge in [0, 0.05) is 21.1 Å². The Kier molecular flexibility index (Phi) is 11.8. The van der Waals surface area contributed by atoms with Gasteiger partial charge in [-0.2, -0.15) is 0 Å². The number of ether oxygens (including phenoxy) is 3. The Morgan fingerprint density at radius 2 is 1.86 bits per heavy atom. The molecule has 0 bridgehead atoms. The number of hydrogen-bond acceptors (Lipinski definition) is 5. The van der Waals surface area contributed by atoms with E-state index in [9.17, 15) is 4.79 Å². The largest absolute Gasteiger partial charge is 0.436 e. The van der Waals surface area contributed by atoms with Crippen molar-refractivity contribution in [1.82, 2.24) is 0 Å². The summed E-state index contributed by atoms with van der Waals surface area (Å²) < 4.78 is 13.7. The molecule has 0 rings (SSSR count). The first kappa shape index (κ1) is 15.8. The number of aliphatic hydroxyl groups is 1. The molecule has 0 amide bonds. The number of rotatable bonds is 4. The monoisotopic (exact) mass is 208 g/mol. The topological polar surface area (TPSA) is 65.0 Å². The molecular weight excluding hydrogens is 188 g/mol. The van der Waals surface area contributed by atoms with Crippen molar-refractivity contribution in [1.29, 1.82) is 0 Å². The van der Waals surface area contributed by atoms with Crippen molar-refractivity contribution in [3.8, 4) is 0 Å². The molecule has 0 heterocycles. The molecule has 0 aliphatic heterocycles. The van der Waals surface area contributed by atoms with E-state index >= 15 is 0 Å². The first-order chi connectivity index (χ1) is 6.43. The van der Waals surface area contributed by atoms with Crippen LogP contribution in [0, 0.1) is 0 Å². The van der Waals surface area contributed by atoms with Crippen molar-refractivity contribution in [2.24, 2.45) is 0 Å². The lowest BCUT2D eigenvalue weighted by Gasteiger charge is -2.07. The average molecular weight is 208 g/mol. The van der Waals surface area contributed by atoms with Gasteiger partial charge in [-0.15, -0.1) is 0 Å². The summed E-state index contributed by atoms with van der Waals surface area (Å²) in [6, 6.07) is 0. The molecule has 5 heteroatoms. The van der Waals surface area contributed by atoms with Crippen molar-refractivity contribution < 1.29 is 24.1 Å². The lowest BCUT2D eigenvalue weighted by atomic mass is 10.5. The highest BCUT2D eigenvalue weighted by atomic mass is 16.7. The van der Waals surface area contributed by atoms with Crippen LogP contribution in [0.1, 0.15) is 20.8 Å². The minimum absolute atomic E-state index is 0.320. The second-order valence-electron chi connectivity index (χ2n) is 2.72. The highest BCUT2D eigenvalue weighted by Crippen LogP contribution is 1.89. The molecule has 0 aliphatic carbocycles. The van der Waals surface area contributed by atoms with Crippen LogP contribution in [0.15, 0.2) is 0 Å². The van der Waals surface area contributed by atoms with E-state index in [0.717, 1.165) is 0 Å². The number of hydrogen-bond donors (Lipinski definition) is 1. The van der Waals surface area contributed by atoms with E-state index in [4.69, 9.17) is 5.11 Å². The second kappa shape index (κ2) is 10.4. The number of carbonyl (C=O) groups excluding carboxylic acids is 1. The summed E-state index contributed by atoms with van der Waals surface area (Å²) in [5.41, 5.74) is 0. The normalized spacial score (nSPS) is 13.6. The maximum Gasteiger partial charge on any atom is 0.304 e. The summed E-state index contributed by atoms with van der Waals surface area (Å²) in [6.07, 6.45) is -0.748. The minimum atomic E-state index is -0.424. The van der Waals surface area contributed by atoms with E-state index in [0.29, 0.717) is 6.61 Å². The van der Waals surface area contributed by atoms with E-state index in [1.807, 2.05) is 0 Å². The zero-order valence-corrected chi connectivity index (χ0v) is 9.44. The Labute approximate surface area is 85.0 Å². The molecule has 14 heavy (non-hydrogen) atoms. The second-order valence-corrected chi connectivity index (χ2v) is 2.72. The SMILES string of the molecule is COC(C)OC(C)=O.COCC(C)O. The zero-order chi connectivity index (χ0) is 11.6. The Hall–Kier alpha value is -0.650. The summed E-state index contributed by atoms with van der Waals surface area (Å²) in [5, 5.41) is 8.43. The first-order valence-corrected chi connectivity index (χ1v) is 4.31. The Morgan fingerprint density at radius 3 is 1.93 bits per heavy atom. The van der Waals surface area contributed by atoms with Crippen molar-refractivity contribution in [3.63, 3.8) is 0 Å². The Morgan fingerprint density at radius 1 is 1.36 bits per heavy atom. The van der Waals surface area contributed by atoms with Crippen LogP contribution >= 0.6 is 0 Å². The molecule has 1 N–H and O–H groups in total. The van der Waals surface area contributed by atoms with Crippen LogP contribution in [-0.4, -0.2) is 44.3 Å². The van der Waals surface area contributed by atoms with Gasteiger partial charge in [0.2, 0.25) is 0 Å². The minimum Gasteiger partial charge on any atom is -0.436 e. The molecule has 0 saturated carbocycles.